The van der Waals surface area contributed by atoms with Crippen LogP contribution in [-0.2, 0) is 14.8 Å². The summed E-state index contributed by atoms with van der Waals surface area (Å²) in [5.41, 5.74) is 5.15. The van der Waals surface area contributed by atoms with Crippen LogP contribution in [-0.4, -0.2) is 67.3 Å². The second-order valence-electron chi connectivity index (χ2n) is 7.10. The number of rotatable bonds is 4. The van der Waals surface area contributed by atoms with Crippen molar-refractivity contribution in [3.05, 3.63) is 0 Å². The number of carbonyl (C=O) groups excluding carboxylic acids is 1. The number of ether oxygens (including phenoxy) is 1. The number of amides is 1. The first kappa shape index (κ1) is 19.2. The zero-order chi connectivity index (χ0) is 17.1. The Bertz CT molecular complexity index is 485. The summed E-state index contributed by atoms with van der Waals surface area (Å²) in [6.45, 7) is 10.2. The van der Waals surface area contributed by atoms with Gasteiger partial charge >= 0.3 is 6.09 Å². The first-order chi connectivity index (χ1) is 9.96. The van der Waals surface area contributed by atoms with Crippen LogP contribution >= 0.6 is 0 Å². The Morgan fingerprint density at radius 2 is 1.91 bits per heavy atom. The molecule has 1 aliphatic heterocycles. The minimum atomic E-state index is -3.35. The summed E-state index contributed by atoms with van der Waals surface area (Å²) in [6.07, 6.45) is -0.424. The van der Waals surface area contributed by atoms with Crippen molar-refractivity contribution in [2.75, 3.05) is 31.9 Å². The van der Waals surface area contributed by atoms with Gasteiger partial charge in [-0.3, -0.25) is 0 Å². The van der Waals surface area contributed by atoms with Crippen LogP contribution in [0.2, 0.25) is 0 Å². The third-order valence-corrected chi connectivity index (χ3v) is 5.54. The molecule has 1 atom stereocenters. The van der Waals surface area contributed by atoms with E-state index in [1.165, 1.54) is 9.21 Å². The molecule has 1 unspecified atom stereocenters. The highest BCUT2D eigenvalue weighted by molar-refractivity contribution is 7.89. The SMILES string of the molecule is CC(C)CS(=O)(=O)N1CCN(C(=O)OC(C)(C)C)CC1CN. The fourth-order valence-electron chi connectivity index (χ4n) is 2.41. The molecule has 1 heterocycles. The number of nitrogens with two attached hydrogens (primary N) is 1. The van der Waals surface area contributed by atoms with E-state index in [9.17, 15) is 13.2 Å². The van der Waals surface area contributed by atoms with Gasteiger partial charge in [-0.05, 0) is 26.7 Å². The van der Waals surface area contributed by atoms with Crippen LogP contribution in [0.5, 0.6) is 0 Å². The van der Waals surface area contributed by atoms with Crippen molar-refractivity contribution in [2.45, 2.75) is 46.3 Å². The summed E-state index contributed by atoms with van der Waals surface area (Å²) in [7, 11) is -3.35. The van der Waals surface area contributed by atoms with E-state index >= 15 is 0 Å². The molecule has 7 nitrogen and oxygen atoms in total. The molecule has 2 N–H and O–H groups in total. The van der Waals surface area contributed by atoms with Crippen LogP contribution in [0.15, 0.2) is 0 Å². The van der Waals surface area contributed by atoms with Gasteiger partial charge in [0.2, 0.25) is 10.0 Å². The molecule has 0 bridgehead atoms. The summed E-state index contributed by atoms with van der Waals surface area (Å²) in [5, 5.41) is 0. The second-order valence-corrected chi connectivity index (χ2v) is 9.07. The van der Waals surface area contributed by atoms with Crippen LogP contribution in [0.25, 0.3) is 0 Å². The lowest BCUT2D eigenvalue weighted by atomic mass is 10.2. The lowest BCUT2D eigenvalue weighted by Gasteiger charge is -2.40. The molecule has 0 aromatic heterocycles. The van der Waals surface area contributed by atoms with Gasteiger partial charge in [-0.15, -0.1) is 0 Å². The van der Waals surface area contributed by atoms with E-state index in [1.54, 1.807) is 20.8 Å². The summed E-state index contributed by atoms with van der Waals surface area (Å²) < 4.78 is 31.6. The largest absolute Gasteiger partial charge is 0.444 e. The van der Waals surface area contributed by atoms with Gasteiger partial charge in [0, 0.05) is 26.2 Å². The van der Waals surface area contributed by atoms with Gasteiger partial charge in [-0.25, -0.2) is 13.2 Å². The first-order valence-electron chi connectivity index (χ1n) is 7.64. The van der Waals surface area contributed by atoms with Crippen molar-refractivity contribution < 1.29 is 17.9 Å². The van der Waals surface area contributed by atoms with Crippen molar-refractivity contribution in [1.29, 1.82) is 0 Å². The Morgan fingerprint density at radius 1 is 1.32 bits per heavy atom. The Balaban J connectivity index is 2.78. The van der Waals surface area contributed by atoms with Gasteiger partial charge < -0.3 is 15.4 Å². The lowest BCUT2D eigenvalue weighted by Crippen LogP contribution is -2.59. The maximum absolute atomic E-state index is 12.4. The monoisotopic (exact) mass is 335 g/mol. The molecule has 22 heavy (non-hydrogen) atoms. The minimum absolute atomic E-state index is 0.0484. The van der Waals surface area contributed by atoms with Gasteiger partial charge in [0.25, 0.3) is 0 Å². The Hall–Kier alpha value is -0.860. The third-order valence-electron chi connectivity index (χ3n) is 3.25. The fourth-order valence-corrected chi connectivity index (χ4v) is 4.41. The van der Waals surface area contributed by atoms with Crippen molar-refractivity contribution in [3.63, 3.8) is 0 Å². The summed E-state index contributed by atoms with van der Waals surface area (Å²) >= 11 is 0. The maximum Gasteiger partial charge on any atom is 0.410 e. The highest BCUT2D eigenvalue weighted by Gasteiger charge is 2.37. The summed E-state index contributed by atoms with van der Waals surface area (Å²) in [4.78, 5) is 13.6. The predicted molar refractivity (Wildman–Crippen MR) is 86.0 cm³/mol. The average Bonchev–Trinajstić information content (AvgIpc) is 2.34. The van der Waals surface area contributed by atoms with Crippen LogP contribution in [0, 0.1) is 5.92 Å². The molecule has 0 aromatic carbocycles. The highest BCUT2D eigenvalue weighted by Crippen LogP contribution is 2.18. The highest BCUT2D eigenvalue weighted by atomic mass is 32.2. The molecule has 1 aliphatic rings. The van der Waals surface area contributed by atoms with Crippen LogP contribution in [0.1, 0.15) is 34.6 Å². The Morgan fingerprint density at radius 3 is 2.36 bits per heavy atom. The number of piperazine rings is 1. The molecular weight excluding hydrogens is 306 g/mol. The summed E-state index contributed by atoms with van der Waals surface area (Å²) in [6, 6.07) is -0.398. The molecule has 1 saturated heterocycles. The molecule has 0 radical (unpaired) electrons. The molecule has 0 aliphatic carbocycles. The second kappa shape index (κ2) is 7.14. The van der Waals surface area contributed by atoms with Crippen molar-refractivity contribution in [3.8, 4) is 0 Å². The fraction of sp³-hybridized carbons (Fsp3) is 0.929. The minimum Gasteiger partial charge on any atom is -0.444 e. The predicted octanol–water partition coefficient (Wildman–Crippen LogP) is 0.852. The van der Waals surface area contributed by atoms with Crippen molar-refractivity contribution >= 4 is 16.1 Å². The third kappa shape index (κ3) is 5.40. The van der Waals surface area contributed by atoms with Crippen LogP contribution in [0.3, 0.4) is 0 Å². The Labute approximate surface area is 133 Å². The van der Waals surface area contributed by atoms with E-state index in [2.05, 4.69) is 0 Å². The number of hydrogen-bond acceptors (Lipinski definition) is 5. The number of hydrogen-bond donors (Lipinski definition) is 1. The number of carbonyl (C=O) groups is 1. The number of sulfonamides is 1. The van der Waals surface area contributed by atoms with Crippen LogP contribution in [0.4, 0.5) is 4.79 Å². The standard InChI is InChI=1S/C14H29N3O4S/c1-11(2)10-22(19,20)17-7-6-16(9-12(17)8-15)13(18)21-14(3,4)5/h11-12H,6-10,15H2,1-5H3. The molecule has 1 rings (SSSR count). The topological polar surface area (TPSA) is 92.9 Å². The van der Waals surface area contributed by atoms with Gasteiger partial charge in [0.15, 0.2) is 0 Å². The molecule has 0 saturated carbocycles. The number of nitrogens with zero attached hydrogens (tertiary/aromatic N) is 2. The lowest BCUT2D eigenvalue weighted by molar-refractivity contribution is 0.0137. The van der Waals surface area contributed by atoms with E-state index in [-0.39, 0.29) is 31.3 Å². The van der Waals surface area contributed by atoms with E-state index in [0.717, 1.165) is 0 Å². The van der Waals surface area contributed by atoms with Gasteiger partial charge in [0.1, 0.15) is 5.60 Å². The zero-order valence-corrected chi connectivity index (χ0v) is 15.0. The van der Waals surface area contributed by atoms with Gasteiger partial charge in [-0.2, -0.15) is 4.31 Å². The molecule has 130 valence electrons. The normalized spacial score (nSPS) is 21.2. The molecule has 1 fully saturated rings. The van der Waals surface area contributed by atoms with E-state index in [0.29, 0.717) is 6.54 Å². The van der Waals surface area contributed by atoms with Gasteiger partial charge in [-0.1, -0.05) is 13.8 Å². The zero-order valence-electron chi connectivity index (χ0n) is 14.2. The van der Waals surface area contributed by atoms with E-state index in [1.807, 2.05) is 13.8 Å². The van der Waals surface area contributed by atoms with Gasteiger partial charge in [0.05, 0.1) is 11.8 Å². The van der Waals surface area contributed by atoms with Crippen molar-refractivity contribution in [2.24, 2.45) is 11.7 Å². The Kier molecular flexibility index (Phi) is 6.23. The van der Waals surface area contributed by atoms with E-state index < -0.39 is 27.8 Å². The summed E-state index contributed by atoms with van der Waals surface area (Å²) in [5.74, 6) is 0.142. The molecule has 0 spiro atoms. The first-order valence-corrected chi connectivity index (χ1v) is 9.24. The molecule has 8 heteroatoms. The smallest absolute Gasteiger partial charge is 0.410 e. The quantitative estimate of drug-likeness (QED) is 0.822. The molecular formula is C14H29N3O4S. The maximum atomic E-state index is 12.4. The van der Waals surface area contributed by atoms with Crippen LogP contribution < -0.4 is 5.73 Å². The average molecular weight is 335 g/mol. The van der Waals surface area contributed by atoms with Crippen molar-refractivity contribution in [1.82, 2.24) is 9.21 Å². The van der Waals surface area contributed by atoms with E-state index in [4.69, 9.17) is 10.5 Å². The molecule has 1 amide bonds. The molecule has 0 aromatic rings.